The third-order valence-corrected chi connectivity index (χ3v) is 7.68. The van der Waals surface area contributed by atoms with Gasteiger partial charge in [0.05, 0.1) is 10.0 Å². The Labute approximate surface area is 197 Å². The maximum atomic E-state index is 11.6. The maximum absolute atomic E-state index is 11.6. The summed E-state index contributed by atoms with van der Waals surface area (Å²) in [7, 11) is 0. The van der Waals surface area contributed by atoms with Crippen LogP contribution in [0.5, 0.6) is 0 Å². The normalized spacial score (nSPS) is 27.6. The minimum atomic E-state index is -0.816. The van der Waals surface area contributed by atoms with Crippen molar-refractivity contribution in [3.8, 4) is 11.3 Å². The molecule has 1 spiro atoms. The molecule has 1 saturated heterocycles. The average Bonchev–Trinajstić information content (AvgIpc) is 3.39. The van der Waals surface area contributed by atoms with Gasteiger partial charge in [-0.2, -0.15) is 0 Å². The Morgan fingerprint density at radius 2 is 1.91 bits per heavy atom. The summed E-state index contributed by atoms with van der Waals surface area (Å²) in [5.41, 5.74) is 2.24. The van der Waals surface area contributed by atoms with Crippen LogP contribution in [0.3, 0.4) is 0 Å². The second-order valence-corrected chi connectivity index (χ2v) is 11.4. The first-order chi connectivity index (χ1) is 15.1. The largest absolute Gasteiger partial charge is 0.465 e. The van der Waals surface area contributed by atoms with Crippen LogP contribution in [0.25, 0.3) is 17.3 Å². The molecular formula is C24H27Cl2N3O3. The molecule has 0 radical (unpaired) electrons. The number of amides is 1. The van der Waals surface area contributed by atoms with Gasteiger partial charge in [-0.1, -0.05) is 61.3 Å². The van der Waals surface area contributed by atoms with Gasteiger partial charge in [-0.3, -0.25) is 4.98 Å². The first-order valence-corrected chi connectivity index (χ1v) is 11.8. The summed E-state index contributed by atoms with van der Waals surface area (Å²) < 4.78 is 5.73. The second kappa shape index (κ2) is 7.49. The quantitative estimate of drug-likeness (QED) is 0.529. The minimum absolute atomic E-state index is 0.0553. The molecule has 32 heavy (non-hydrogen) atoms. The number of hydrogen-bond donors (Lipinski definition) is 1. The van der Waals surface area contributed by atoms with Crippen molar-refractivity contribution in [1.29, 1.82) is 0 Å². The van der Waals surface area contributed by atoms with E-state index in [9.17, 15) is 9.90 Å². The second-order valence-electron chi connectivity index (χ2n) is 10.6. The van der Waals surface area contributed by atoms with E-state index in [1.807, 2.05) is 0 Å². The van der Waals surface area contributed by atoms with Crippen molar-refractivity contribution in [3.63, 3.8) is 0 Å². The van der Waals surface area contributed by atoms with Gasteiger partial charge in [0, 0.05) is 47.4 Å². The highest BCUT2D eigenvalue weighted by Gasteiger charge is 2.63. The van der Waals surface area contributed by atoms with Crippen molar-refractivity contribution in [3.05, 3.63) is 39.8 Å². The van der Waals surface area contributed by atoms with Crippen LogP contribution in [-0.4, -0.2) is 38.8 Å². The number of carbonyl (C=O) groups is 1. The van der Waals surface area contributed by atoms with Gasteiger partial charge in [0.2, 0.25) is 0 Å². The summed E-state index contributed by atoms with van der Waals surface area (Å²) in [5.74, 6) is 1.68. The van der Waals surface area contributed by atoms with Crippen LogP contribution < -0.4 is 0 Å². The van der Waals surface area contributed by atoms with Crippen LogP contribution in [0.1, 0.15) is 63.7 Å². The number of pyridine rings is 1. The van der Waals surface area contributed by atoms with Crippen LogP contribution in [0.4, 0.5) is 4.79 Å². The summed E-state index contributed by atoms with van der Waals surface area (Å²) >= 11 is 12.8. The van der Waals surface area contributed by atoms with Gasteiger partial charge >= 0.3 is 6.09 Å². The Morgan fingerprint density at radius 3 is 2.47 bits per heavy atom. The zero-order valence-corrected chi connectivity index (χ0v) is 20.0. The molecule has 1 N–H and O–H groups in total. The molecule has 1 atom stereocenters. The van der Waals surface area contributed by atoms with Crippen LogP contribution >= 0.6 is 23.2 Å². The molecule has 170 valence electrons. The van der Waals surface area contributed by atoms with E-state index in [1.54, 1.807) is 17.3 Å². The highest BCUT2D eigenvalue weighted by molar-refractivity contribution is 6.39. The first-order valence-electron chi connectivity index (χ1n) is 11.1. The predicted molar refractivity (Wildman–Crippen MR) is 124 cm³/mol. The van der Waals surface area contributed by atoms with Gasteiger partial charge in [-0.05, 0) is 37.0 Å². The molecule has 1 unspecified atom stereocenters. The highest BCUT2D eigenvalue weighted by Crippen LogP contribution is 2.61. The number of allylic oxidation sites excluding steroid dienone is 1. The lowest BCUT2D eigenvalue weighted by atomic mass is 9.49. The number of halogens is 2. The summed E-state index contributed by atoms with van der Waals surface area (Å²) in [5, 5.41) is 14.8. The third-order valence-electron chi connectivity index (χ3n) is 7.11. The van der Waals surface area contributed by atoms with E-state index in [2.05, 4.69) is 43.1 Å². The van der Waals surface area contributed by atoms with E-state index in [4.69, 9.17) is 27.7 Å². The third kappa shape index (κ3) is 3.52. The summed E-state index contributed by atoms with van der Waals surface area (Å²) in [4.78, 5) is 17.3. The Bertz CT molecular complexity index is 1070. The topological polar surface area (TPSA) is 79.5 Å². The average molecular weight is 476 g/mol. The summed E-state index contributed by atoms with van der Waals surface area (Å²) in [6.07, 6.45) is 10.8. The van der Waals surface area contributed by atoms with E-state index < -0.39 is 6.09 Å². The zero-order valence-electron chi connectivity index (χ0n) is 18.4. The standard InChI is InChI=1S/C24H27Cl2N3O3/c1-23(2,3)21-24(12-29(21)22(30)31)8-13(9-24)4-7-15-19(28-32-20(15)14-5-6-14)18-16(25)10-27-11-17(18)26/h4,7,10-11,13-14,21H,5-6,8-9,12H2,1-3H3,(H,30,31). The number of rotatable bonds is 4. The van der Waals surface area contributed by atoms with Crippen LogP contribution in [-0.2, 0) is 0 Å². The monoisotopic (exact) mass is 475 g/mol. The van der Waals surface area contributed by atoms with Crippen LogP contribution in [0, 0.1) is 16.7 Å². The molecule has 8 heteroatoms. The molecule has 2 aromatic rings. The number of hydrogen-bond acceptors (Lipinski definition) is 4. The number of aromatic nitrogens is 2. The SMILES string of the molecule is CC(C)(C)C1N(C(=O)O)CC12CC(C=Cc1c(-c3c(Cl)cncc3Cl)noc1C1CC1)C2. The lowest BCUT2D eigenvalue weighted by Crippen LogP contribution is -2.73. The van der Waals surface area contributed by atoms with Gasteiger partial charge in [0.1, 0.15) is 11.5 Å². The fraction of sp³-hybridized carbons (Fsp3) is 0.542. The first kappa shape index (κ1) is 21.8. The molecule has 3 fully saturated rings. The van der Waals surface area contributed by atoms with E-state index in [-0.39, 0.29) is 16.9 Å². The molecule has 3 aliphatic rings. The fourth-order valence-corrected chi connectivity index (χ4v) is 6.48. The van der Waals surface area contributed by atoms with Gasteiger partial charge in [0.25, 0.3) is 0 Å². The lowest BCUT2D eigenvalue weighted by Gasteiger charge is -2.67. The molecular weight excluding hydrogens is 449 g/mol. The van der Waals surface area contributed by atoms with Crippen molar-refractivity contribution in [2.45, 2.75) is 58.4 Å². The molecule has 1 aliphatic heterocycles. The molecule has 2 aliphatic carbocycles. The number of carboxylic acid groups (broad SMARTS) is 1. The molecule has 5 rings (SSSR count). The van der Waals surface area contributed by atoms with E-state index >= 15 is 0 Å². The Hall–Kier alpha value is -2.05. The zero-order chi connectivity index (χ0) is 22.8. The number of likely N-dealkylation sites (tertiary alicyclic amines) is 1. The molecule has 2 saturated carbocycles. The van der Waals surface area contributed by atoms with Crippen LogP contribution in [0.2, 0.25) is 10.0 Å². The molecule has 2 aromatic heterocycles. The van der Waals surface area contributed by atoms with Gasteiger partial charge < -0.3 is 14.5 Å². The van der Waals surface area contributed by atoms with E-state index in [0.717, 1.165) is 37.0 Å². The van der Waals surface area contributed by atoms with Crippen molar-refractivity contribution >= 4 is 35.4 Å². The minimum Gasteiger partial charge on any atom is -0.465 e. The Morgan fingerprint density at radius 1 is 1.25 bits per heavy atom. The van der Waals surface area contributed by atoms with Gasteiger partial charge in [-0.15, -0.1) is 0 Å². The van der Waals surface area contributed by atoms with Crippen molar-refractivity contribution in [2.75, 3.05) is 6.54 Å². The molecule has 1 amide bonds. The maximum Gasteiger partial charge on any atom is 0.407 e. The van der Waals surface area contributed by atoms with Crippen molar-refractivity contribution < 1.29 is 14.4 Å². The highest BCUT2D eigenvalue weighted by atomic mass is 35.5. The molecule has 6 nitrogen and oxygen atoms in total. The smallest absolute Gasteiger partial charge is 0.407 e. The Balaban J connectivity index is 1.39. The summed E-state index contributed by atoms with van der Waals surface area (Å²) in [6.45, 7) is 7.02. The predicted octanol–water partition coefficient (Wildman–Crippen LogP) is 6.74. The van der Waals surface area contributed by atoms with Crippen LogP contribution in [0.15, 0.2) is 23.0 Å². The van der Waals surface area contributed by atoms with Gasteiger partial charge in [0.15, 0.2) is 0 Å². The fourth-order valence-electron chi connectivity index (χ4n) is 5.93. The molecule has 3 heterocycles. The summed E-state index contributed by atoms with van der Waals surface area (Å²) in [6, 6.07) is 0.0553. The Kier molecular flexibility index (Phi) is 5.10. The van der Waals surface area contributed by atoms with Crippen molar-refractivity contribution in [2.24, 2.45) is 16.7 Å². The molecule has 0 bridgehead atoms. The molecule has 0 aromatic carbocycles. The van der Waals surface area contributed by atoms with E-state index in [0.29, 0.717) is 39.7 Å². The van der Waals surface area contributed by atoms with Gasteiger partial charge in [-0.25, -0.2) is 4.79 Å². The van der Waals surface area contributed by atoms with Crippen molar-refractivity contribution in [1.82, 2.24) is 15.0 Å². The number of nitrogens with zero attached hydrogens (tertiary/aromatic N) is 3. The van der Waals surface area contributed by atoms with E-state index in [1.165, 1.54) is 0 Å². The lowest BCUT2D eigenvalue weighted by molar-refractivity contribution is -0.164.